The quantitative estimate of drug-likeness (QED) is 0.330. The van der Waals surface area contributed by atoms with E-state index in [-0.39, 0.29) is 17.9 Å². The second-order valence-corrected chi connectivity index (χ2v) is 4.42. The minimum atomic E-state index is -0.281. The number of anilines is 1. The van der Waals surface area contributed by atoms with E-state index < -0.39 is 0 Å². The molecule has 0 aromatic heterocycles. The molecule has 0 spiro atoms. The van der Waals surface area contributed by atoms with E-state index in [9.17, 15) is 4.79 Å². The van der Waals surface area contributed by atoms with Gasteiger partial charge in [0.1, 0.15) is 11.6 Å². The van der Waals surface area contributed by atoms with Crippen LogP contribution >= 0.6 is 0 Å². The lowest BCUT2D eigenvalue weighted by atomic mass is 10.2. The number of amidine groups is 1. The molecule has 1 aromatic carbocycles. The molecule has 4 N–H and O–H groups in total. The van der Waals surface area contributed by atoms with E-state index in [2.05, 4.69) is 10.5 Å². The van der Waals surface area contributed by atoms with Crippen molar-refractivity contribution >= 4 is 17.6 Å². The highest BCUT2D eigenvalue weighted by molar-refractivity contribution is 5.90. The van der Waals surface area contributed by atoms with Crippen molar-refractivity contribution in [1.82, 2.24) is 4.90 Å². The molecular weight excluding hydrogens is 260 g/mol. The summed E-state index contributed by atoms with van der Waals surface area (Å²) in [7, 11) is 3.21. The van der Waals surface area contributed by atoms with Crippen LogP contribution in [-0.4, -0.2) is 42.2 Å². The largest absolute Gasteiger partial charge is 0.497 e. The van der Waals surface area contributed by atoms with Crippen LogP contribution in [0.5, 0.6) is 5.75 Å². The number of nitrogens with two attached hydrogens (primary N) is 1. The van der Waals surface area contributed by atoms with Crippen LogP contribution in [0, 0.1) is 0 Å². The summed E-state index contributed by atoms with van der Waals surface area (Å²) in [5, 5.41) is 14.2. The maximum Gasteiger partial charge on any atom is 0.321 e. The number of nitrogens with one attached hydrogen (secondary N) is 1. The predicted octanol–water partition coefficient (Wildman–Crippen LogP) is 1.68. The summed E-state index contributed by atoms with van der Waals surface area (Å²) in [4.78, 5) is 13.5. The van der Waals surface area contributed by atoms with E-state index in [1.165, 1.54) is 4.90 Å². The zero-order valence-corrected chi connectivity index (χ0v) is 11.8. The molecule has 0 saturated carbocycles. The Balaban J connectivity index is 2.65. The molecule has 110 valence electrons. The zero-order valence-electron chi connectivity index (χ0n) is 11.8. The summed E-state index contributed by atoms with van der Waals surface area (Å²) >= 11 is 0. The molecule has 1 unspecified atom stereocenters. The average Bonchev–Trinajstić information content (AvgIpc) is 2.46. The van der Waals surface area contributed by atoms with Gasteiger partial charge >= 0.3 is 6.03 Å². The maximum atomic E-state index is 12.1. The molecule has 7 heteroatoms. The van der Waals surface area contributed by atoms with Crippen molar-refractivity contribution in [3.05, 3.63) is 24.3 Å². The number of rotatable bonds is 5. The molecule has 0 aliphatic rings. The van der Waals surface area contributed by atoms with Gasteiger partial charge in [-0.3, -0.25) is 0 Å². The Kier molecular flexibility index (Phi) is 5.64. The number of amides is 2. The van der Waals surface area contributed by atoms with Crippen molar-refractivity contribution in [2.75, 3.05) is 19.5 Å². The lowest BCUT2D eigenvalue weighted by Gasteiger charge is -2.24. The van der Waals surface area contributed by atoms with Crippen LogP contribution in [0.15, 0.2) is 29.4 Å². The van der Waals surface area contributed by atoms with Crippen LogP contribution in [0.3, 0.4) is 0 Å². The Morgan fingerprint density at radius 2 is 2.30 bits per heavy atom. The minimum Gasteiger partial charge on any atom is -0.497 e. The first-order chi connectivity index (χ1) is 9.47. The first kappa shape index (κ1) is 15.6. The van der Waals surface area contributed by atoms with Crippen LogP contribution in [0.25, 0.3) is 0 Å². The van der Waals surface area contributed by atoms with E-state index in [1.807, 2.05) is 6.92 Å². The van der Waals surface area contributed by atoms with Crippen molar-refractivity contribution in [2.24, 2.45) is 10.9 Å². The summed E-state index contributed by atoms with van der Waals surface area (Å²) in [5.41, 5.74) is 6.06. The lowest BCUT2D eigenvalue weighted by molar-refractivity contribution is 0.208. The summed E-state index contributed by atoms with van der Waals surface area (Å²) in [5.74, 6) is 0.744. The van der Waals surface area contributed by atoms with E-state index in [4.69, 9.17) is 15.7 Å². The van der Waals surface area contributed by atoms with Crippen molar-refractivity contribution in [3.63, 3.8) is 0 Å². The summed E-state index contributed by atoms with van der Waals surface area (Å²) in [6, 6.07) is 6.59. The number of hydrogen-bond donors (Lipinski definition) is 3. The van der Waals surface area contributed by atoms with Gasteiger partial charge in [-0.25, -0.2) is 4.79 Å². The van der Waals surface area contributed by atoms with Crippen molar-refractivity contribution in [1.29, 1.82) is 0 Å². The number of urea groups is 1. The molecular formula is C13H20N4O3. The summed E-state index contributed by atoms with van der Waals surface area (Å²) < 4.78 is 5.09. The van der Waals surface area contributed by atoms with Crippen LogP contribution in [0.2, 0.25) is 0 Å². The van der Waals surface area contributed by atoms with E-state index in [1.54, 1.807) is 38.4 Å². The maximum absolute atomic E-state index is 12.1. The Hall–Kier alpha value is -2.44. The van der Waals surface area contributed by atoms with Crippen molar-refractivity contribution < 1.29 is 14.7 Å². The van der Waals surface area contributed by atoms with E-state index in [0.717, 1.165) is 0 Å². The van der Waals surface area contributed by atoms with Gasteiger partial charge in [-0.05, 0) is 19.1 Å². The van der Waals surface area contributed by atoms with Crippen LogP contribution in [-0.2, 0) is 0 Å². The predicted molar refractivity (Wildman–Crippen MR) is 77.3 cm³/mol. The summed E-state index contributed by atoms with van der Waals surface area (Å²) in [6.45, 7) is 1.81. The molecule has 0 heterocycles. The van der Waals surface area contributed by atoms with Gasteiger partial charge in [0.15, 0.2) is 0 Å². The third-order valence-corrected chi connectivity index (χ3v) is 2.94. The SMILES string of the molecule is COc1cccc(NC(=O)N(C)C(C)CC(N)=NO)c1. The smallest absolute Gasteiger partial charge is 0.321 e. The standard InChI is InChI=1S/C13H20N4O3/c1-9(7-12(14)16-19)17(2)13(18)15-10-5-4-6-11(8-10)20-3/h4-6,8-9,19H,7H2,1-3H3,(H2,14,16)(H,15,18). The number of carbonyl (C=O) groups is 1. The monoisotopic (exact) mass is 280 g/mol. The Morgan fingerprint density at radius 1 is 1.60 bits per heavy atom. The van der Waals surface area contributed by atoms with Crippen LogP contribution in [0.1, 0.15) is 13.3 Å². The third-order valence-electron chi connectivity index (χ3n) is 2.94. The topological polar surface area (TPSA) is 100 Å². The van der Waals surface area contributed by atoms with Gasteiger partial charge < -0.3 is 25.9 Å². The van der Waals surface area contributed by atoms with Crippen molar-refractivity contribution in [3.8, 4) is 5.75 Å². The summed E-state index contributed by atoms with van der Waals surface area (Å²) in [6.07, 6.45) is 0.290. The third kappa shape index (κ3) is 4.34. The number of methoxy groups -OCH3 is 1. The van der Waals surface area contributed by atoms with Gasteiger partial charge in [-0.1, -0.05) is 11.2 Å². The van der Waals surface area contributed by atoms with Gasteiger partial charge in [0, 0.05) is 31.3 Å². The fraction of sp³-hybridized carbons (Fsp3) is 0.385. The Bertz CT molecular complexity index is 490. The molecule has 0 radical (unpaired) electrons. The molecule has 1 aromatic rings. The molecule has 0 aliphatic heterocycles. The first-order valence-corrected chi connectivity index (χ1v) is 6.12. The van der Waals surface area contributed by atoms with Crippen LogP contribution in [0.4, 0.5) is 10.5 Å². The number of benzene rings is 1. The number of ether oxygens (including phenoxy) is 1. The molecule has 20 heavy (non-hydrogen) atoms. The normalized spacial score (nSPS) is 12.7. The molecule has 0 fully saturated rings. The van der Waals surface area contributed by atoms with Gasteiger partial charge in [0.05, 0.1) is 7.11 Å². The van der Waals surface area contributed by atoms with Crippen LogP contribution < -0.4 is 15.8 Å². The molecule has 2 amide bonds. The molecule has 0 bridgehead atoms. The fourth-order valence-electron chi connectivity index (χ4n) is 1.59. The number of hydrogen-bond acceptors (Lipinski definition) is 4. The van der Waals surface area contributed by atoms with E-state index >= 15 is 0 Å². The zero-order chi connectivity index (χ0) is 15.1. The highest BCUT2D eigenvalue weighted by Crippen LogP contribution is 2.17. The molecule has 7 nitrogen and oxygen atoms in total. The number of carbonyl (C=O) groups excluding carboxylic acids is 1. The second-order valence-electron chi connectivity index (χ2n) is 4.42. The molecule has 0 aliphatic carbocycles. The Labute approximate surface area is 118 Å². The van der Waals surface area contributed by atoms with Gasteiger partial charge in [0.25, 0.3) is 0 Å². The molecule has 1 rings (SSSR count). The number of oxime groups is 1. The van der Waals surface area contributed by atoms with Gasteiger partial charge in [-0.15, -0.1) is 0 Å². The average molecular weight is 280 g/mol. The van der Waals surface area contributed by atoms with Crippen molar-refractivity contribution in [2.45, 2.75) is 19.4 Å². The van der Waals surface area contributed by atoms with Gasteiger partial charge in [0.2, 0.25) is 0 Å². The molecule has 0 saturated heterocycles. The highest BCUT2D eigenvalue weighted by atomic mass is 16.5. The number of nitrogens with zero attached hydrogens (tertiary/aromatic N) is 2. The van der Waals surface area contributed by atoms with Gasteiger partial charge in [-0.2, -0.15) is 0 Å². The lowest BCUT2D eigenvalue weighted by Crippen LogP contribution is -2.40. The minimum absolute atomic E-state index is 0.0820. The highest BCUT2D eigenvalue weighted by Gasteiger charge is 2.17. The van der Waals surface area contributed by atoms with E-state index in [0.29, 0.717) is 17.9 Å². The first-order valence-electron chi connectivity index (χ1n) is 6.12. The second kappa shape index (κ2) is 7.22. The molecule has 1 atom stereocenters. The fourth-order valence-corrected chi connectivity index (χ4v) is 1.59. The Morgan fingerprint density at radius 3 is 2.90 bits per heavy atom.